The van der Waals surface area contributed by atoms with E-state index in [1.54, 1.807) is 32.9 Å². The van der Waals surface area contributed by atoms with Gasteiger partial charge in [-0.15, -0.1) is 10.2 Å². The van der Waals surface area contributed by atoms with Gasteiger partial charge in [0.2, 0.25) is 0 Å². The third-order valence-corrected chi connectivity index (χ3v) is 3.08. The molecule has 2 N–H and O–H groups in total. The van der Waals surface area contributed by atoms with Crippen molar-refractivity contribution < 1.29 is 9.53 Å². The number of carbonyl (C=O) groups excluding carboxylic acids is 1. The Morgan fingerprint density at radius 1 is 1.13 bits per heavy atom. The van der Waals surface area contributed by atoms with Gasteiger partial charge < -0.3 is 10.1 Å². The number of benzene rings is 1. The van der Waals surface area contributed by atoms with Crippen LogP contribution in [-0.2, 0) is 11.3 Å². The second kappa shape index (κ2) is 7.28. The number of anilines is 2. The van der Waals surface area contributed by atoms with Crippen LogP contribution in [0.3, 0.4) is 0 Å². The molecule has 0 spiro atoms. The number of halogens is 1. The quantitative estimate of drug-likeness (QED) is 0.880. The topological polar surface area (TPSA) is 76.1 Å². The Bertz CT molecular complexity index is 669. The normalized spacial score (nSPS) is 11.0. The predicted molar refractivity (Wildman–Crippen MR) is 90.7 cm³/mol. The largest absolute Gasteiger partial charge is 0.444 e. The zero-order valence-corrected chi connectivity index (χ0v) is 14.0. The Morgan fingerprint density at radius 3 is 2.39 bits per heavy atom. The molecule has 0 saturated carbocycles. The summed E-state index contributed by atoms with van der Waals surface area (Å²) in [7, 11) is 0. The fourth-order valence-electron chi connectivity index (χ4n) is 1.73. The van der Waals surface area contributed by atoms with Gasteiger partial charge >= 0.3 is 6.09 Å². The van der Waals surface area contributed by atoms with E-state index in [-0.39, 0.29) is 0 Å². The number of ether oxygens (including phenoxy) is 1. The SMILES string of the molecule is CC(C)(C)OC(=O)Nc1ccc(NCc2ccccc2Cl)nn1. The summed E-state index contributed by atoms with van der Waals surface area (Å²) in [4.78, 5) is 11.6. The summed E-state index contributed by atoms with van der Waals surface area (Å²) in [6, 6.07) is 10.9. The smallest absolute Gasteiger partial charge is 0.413 e. The summed E-state index contributed by atoms with van der Waals surface area (Å²) >= 11 is 6.09. The molecule has 23 heavy (non-hydrogen) atoms. The number of amides is 1. The predicted octanol–water partition coefficient (Wildman–Crippen LogP) is 4.09. The van der Waals surface area contributed by atoms with E-state index in [9.17, 15) is 4.79 Å². The lowest BCUT2D eigenvalue weighted by Crippen LogP contribution is -2.27. The van der Waals surface area contributed by atoms with Crippen molar-refractivity contribution in [3.8, 4) is 0 Å². The first-order chi connectivity index (χ1) is 10.8. The van der Waals surface area contributed by atoms with Gasteiger partial charge in [-0.2, -0.15) is 0 Å². The highest BCUT2D eigenvalue weighted by Crippen LogP contribution is 2.16. The van der Waals surface area contributed by atoms with Crippen LogP contribution in [0.5, 0.6) is 0 Å². The first-order valence-electron chi connectivity index (χ1n) is 7.14. The molecule has 0 radical (unpaired) electrons. The molecule has 6 nitrogen and oxygen atoms in total. The van der Waals surface area contributed by atoms with Gasteiger partial charge in [-0.05, 0) is 44.5 Å². The molecule has 1 heterocycles. The lowest BCUT2D eigenvalue weighted by atomic mass is 10.2. The van der Waals surface area contributed by atoms with Crippen molar-refractivity contribution in [1.29, 1.82) is 0 Å². The standard InChI is InChI=1S/C16H19ClN4O2/c1-16(2,3)23-15(22)19-14-9-8-13(20-21-14)18-10-11-6-4-5-7-12(11)17/h4-9H,10H2,1-3H3,(H,18,20)(H,19,21,22). The van der Waals surface area contributed by atoms with Crippen LogP contribution < -0.4 is 10.6 Å². The van der Waals surface area contributed by atoms with E-state index < -0.39 is 11.7 Å². The van der Waals surface area contributed by atoms with Gasteiger partial charge in [0, 0.05) is 11.6 Å². The Labute approximate surface area is 140 Å². The Balaban J connectivity index is 1.90. The number of carbonyl (C=O) groups is 1. The van der Waals surface area contributed by atoms with Crippen molar-refractivity contribution in [2.75, 3.05) is 10.6 Å². The molecule has 1 aromatic heterocycles. The summed E-state index contributed by atoms with van der Waals surface area (Å²) in [6.45, 7) is 5.91. The van der Waals surface area contributed by atoms with E-state index >= 15 is 0 Å². The Morgan fingerprint density at radius 2 is 1.78 bits per heavy atom. The number of hydrogen-bond donors (Lipinski definition) is 2. The molecule has 7 heteroatoms. The van der Waals surface area contributed by atoms with E-state index in [0.717, 1.165) is 5.56 Å². The summed E-state index contributed by atoms with van der Waals surface area (Å²) < 4.78 is 5.14. The monoisotopic (exact) mass is 334 g/mol. The minimum absolute atomic E-state index is 0.322. The van der Waals surface area contributed by atoms with Crippen molar-refractivity contribution >= 4 is 29.3 Å². The molecule has 0 fully saturated rings. The molecular formula is C16H19ClN4O2. The van der Waals surface area contributed by atoms with Crippen LogP contribution in [0.4, 0.5) is 16.4 Å². The van der Waals surface area contributed by atoms with Gasteiger partial charge in [0.15, 0.2) is 5.82 Å². The van der Waals surface area contributed by atoms with E-state index in [1.165, 1.54) is 0 Å². The van der Waals surface area contributed by atoms with Crippen LogP contribution in [0.2, 0.25) is 5.02 Å². The maximum absolute atomic E-state index is 11.6. The highest BCUT2D eigenvalue weighted by atomic mass is 35.5. The summed E-state index contributed by atoms with van der Waals surface area (Å²) in [6.07, 6.45) is -0.566. The van der Waals surface area contributed by atoms with Crippen LogP contribution in [0.1, 0.15) is 26.3 Å². The Kier molecular flexibility index (Phi) is 5.39. The molecule has 2 rings (SSSR count). The van der Waals surface area contributed by atoms with Gasteiger partial charge in [0.1, 0.15) is 11.4 Å². The fraction of sp³-hybridized carbons (Fsp3) is 0.312. The van der Waals surface area contributed by atoms with E-state index in [4.69, 9.17) is 16.3 Å². The maximum atomic E-state index is 11.6. The second-order valence-electron chi connectivity index (χ2n) is 5.88. The summed E-state index contributed by atoms with van der Waals surface area (Å²) in [5, 5.41) is 14.3. The highest BCUT2D eigenvalue weighted by Gasteiger charge is 2.16. The molecule has 0 bridgehead atoms. The number of hydrogen-bond acceptors (Lipinski definition) is 5. The average Bonchev–Trinajstić information content (AvgIpc) is 2.46. The molecule has 0 saturated heterocycles. The van der Waals surface area contributed by atoms with Crippen molar-refractivity contribution in [1.82, 2.24) is 10.2 Å². The van der Waals surface area contributed by atoms with Crippen LogP contribution in [0.25, 0.3) is 0 Å². The van der Waals surface area contributed by atoms with Gasteiger partial charge in [0.25, 0.3) is 0 Å². The first kappa shape index (κ1) is 17.0. The van der Waals surface area contributed by atoms with Crippen LogP contribution >= 0.6 is 11.6 Å². The average molecular weight is 335 g/mol. The minimum atomic E-state index is -0.566. The third kappa shape index (κ3) is 5.75. The summed E-state index contributed by atoms with van der Waals surface area (Å²) in [5.74, 6) is 0.905. The molecule has 122 valence electrons. The molecule has 0 unspecified atom stereocenters. The summed E-state index contributed by atoms with van der Waals surface area (Å²) in [5.41, 5.74) is 0.403. The number of nitrogens with zero attached hydrogens (tertiary/aromatic N) is 2. The minimum Gasteiger partial charge on any atom is -0.444 e. The molecule has 0 aliphatic rings. The van der Waals surface area contributed by atoms with E-state index in [1.807, 2.05) is 24.3 Å². The van der Waals surface area contributed by atoms with Gasteiger partial charge in [-0.1, -0.05) is 29.8 Å². The van der Waals surface area contributed by atoms with E-state index in [2.05, 4.69) is 20.8 Å². The lowest BCUT2D eigenvalue weighted by molar-refractivity contribution is 0.0635. The van der Waals surface area contributed by atoms with Crippen LogP contribution in [-0.4, -0.2) is 21.9 Å². The molecule has 0 aliphatic carbocycles. The number of rotatable bonds is 4. The molecule has 1 aromatic carbocycles. The van der Waals surface area contributed by atoms with Crippen molar-refractivity contribution in [2.45, 2.75) is 32.9 Å². The third-order valence-electron chi connectivity index (χ3n) is 2.71. The molecule has 2 aromatic rings. The Hall–Kier alpha value is -2.34. The fourth-order valence-corrected chi connectivity index (χ4v) is 1.93. The van der Waals surface area contributed by atoms with Gasteiger partial charge in [0.05, 0.1) is 0 Å². The van der Waals surface area contributed by atoms with Crippen LogP contribution in [0, 0.1) is 0 Å². The van der Waals surface area contributed by atoms with Crippen molar-refractivity contribution in [3.63, 3.8) is 0 Å². The van der Waals surface area contributed by atoms with Crippen molar-refractivity contribution in [2.24, 2.45) is 0 Å². The van der Waals surface area contributed by atoms with Crippen molar-refractivity contribution in [3.05, 3.63) is 47.0 Å². The van der Waals surface area contributed by atoms with Crippen LogP contribution in [0.15, 0.2) is 36.4 Å². The first-order valence-corrected chi connectivity index (χ1v) is 7.52. The second-order valence-corrected chi connectivity index (χ2v) is 6.28. The van der Waals surface area contributed by atoms with Gasteiger partial charge in [-0.3, -0.25) is 5.32 Å². The number of nitrogens with one attached hydrogen (secondary N) is 2. The van der Waals surface area contributed by atoms with E-state index in [0.29, 0.717) is 23.2 Å². The highest BCUT2D eigenvalue weighted by molar-refractivity contribution is 6.31. The molecular weight excluding hydrogens is 316 g/mol. The molecule has 1 amide bonds. The maximum Gasteiger partial charge on any atom is 0.413 e. The van der Waals surface area contributed by atoms with Gasteiger partial charge in [-0.25, -0.2) is 4.79 Å². The lowest BCUT2D eigenvalue weighted by Gasteiger charge is -2.19. The molecule has 0 aliphatic heterocycles. The number of aromatic nitrogens is 2. The zero-order chi connectivity index (χ0) is 16.9. The molecule has 0 atom stereocenters. The zero-order valence-electron chi connectivity index (χ0n) is 13.3.